The van der Waals surface area contributed by atoms with Crippen LogP contribution in [-0.4, -0.2) is 50.4 Å². The summed E-state index contributed by atoms with van der Waals surface area (Å²) in [5.74, 6) is -2.16. The summed E-state index contributed by atoms with van der Waals surface area (Å²) >= 11 is 0. The molecule has 1 aliphatic heterocycles. The molecule has 2 rings (SSSR count). The van der Waals surface area contributed by atoms with E-state index >= 15 is 0 Å². The molecule has 86 valence electrons. The second-order valence-corrected chi connectivity index (χ2v) is 3.73. The molecule has 0 bridgehead atoms. The van der Waals surface area contributed by atoms with Gasteiger partial charge in [0.15, 0.2) is 17.2 Å². The number of aliphatic hydroxyl groups is 1. The predicted octanol–water partition coefficient (Wildman–Crippen LogP) is -0.380. The van der Waals surface area contributed by atoms with Gasteiger partial charge < -0.3 is 25.3 Å². The third-order valence-electron chi connectivity index (χ3n) is 2.47. The van der Waals surface area contributed by atoms with Gasteiger partial charge in [-0.25, -0.2) is 0 Å². The number of carbonyl (C=O) groups excluding carboxylic acids is 1. The lowest BCUT2D eigenvalue weighted by Gasteiger charge is -2.35. The lowest BCUT2D eigenvalue weighted by Crippen LogP contribution is -2.53. The maximum Gasteiger partial charge on any atom is 0.254 e. The Kier molecular flexibility index (Phi) is 2.35. The molecule has 1 saturated heterocycles. The molecule has 1 aliphatic rings. The number of β-amino-alcohol motifs (C(OH)–C–C–N with tert-alkyl or cyclic N) is 1. The van der Waals surface area contributed by atoms with Crippen molar-refractivity contribution < 1.29 is 25.2 Å². The van der Waals surface area contributed by atoms with Crippen LogP contribution in [0.1, 0.15) is 10.4 Å². The van der Waals surface area contributed by atoms with Gasteiger partial charge in [-0.3, -0.25) is 4.79 Å². The number of carbonyl (C=O) groups is 1. The van der Waals surface area contributed by atoms with Crippen LogP contribution in [0.4, 0.5) is 0 Å². The standard InChI is InChI=1S/C10H11NO5/c12-6-3-11(4-6)10(16)5-1-7(13)9(15)8(14)2-5/h1-2,6,12-15H,3-4H2. The van der Waals surface area contributed by atoms with E-state index in [0.29, 0.717) is 0 Å². The van der Waals surface area contributed by atoms with Crippen molar-refractivity contribution in [3.63, 3.8) is 0 Å². The Morgan fingerprint density at radius 2 is 1.69 bits per heavy atom. The maximum atomic E-state index is 11.7. The van der Waals surface area contributed by atoms with Crippen LogP contribution < -0.4 is 0 Å². The summed E-state index contributed by atoms with van der Waals surface area (Å²) in [4.78, 5) is 13.1. The molecule has 1 heterocycles. The number of phenols is 3. The van der Waals surface area contributed by atoms with Crippen LogP contribution in [0.2, 0.25) is 0 Å². The van der Waals surface area contributed by atoms with Crippen LogP contribution in [0.25, 0.3) is 0 Å². The molecule has 0 spiro atoms. The fourth-order valence-corrected chi connectivity index (χ4v) is 1.53. The molecule has 0 saturated carbocycles. The molecule has 1 aromatic rings. The van der Waals surface area contributed by atoms with Crippen LogP contribution in [0.15, 0.2) is 12.1 Å². The Hall–Kier alpha value is -1.95. The van der Waals surface area contributed by atoms with Gasteiger partial charge in [0, 0.05) is 18.7 Å². The monoisotopic (exact) mass is 225 g/mol. The first-order valence-corrected chi connectivity index (χ1v) is 4.71. The molecular formula is C10H11NO5. The third kappa shape index (κ3) is 1.63. The molecule has 0 unspecified atom stereocenters. The van der Waals surface area contributed by atoms with Gasteiger partial charge >= 0.3 is 0 Å². The summed E-state index contributed by atoms with van der Waals surface area (Å²) in [6.45, 7) is 0.475. The minimum absolute atomic E-state index is 0.0692. The SMILES string of the molecule is O=C(c1cc(O)c(O)c(O)c1)N1CC(O)C1. The number of phenolic OH excluding ortho intramolecular Hbond substituents is 3. The van der Waals surface area contributed by atoms with Crippen molar-refractivity contribution in [2.24, 2.45) is 0 Å². The van der Waals surface area contributed by atoms with E-state index < -0.39 is 29.3 Å². The fourth-order valence-electron chi connectivity index (χ4n) is 1.53. The third-order valence-corrected chi connectivity index (χ3v) is 2.47. The van der Waals surface area contributed by atoms with Crippen LogP contribution in [0.5, 0.6) is 17.2 Å². The minimum atomic E-state index is -0.653. The predicted molar refractivity (Wildman–Crippen MR) is 53.3 cm³/mol. The smallest absolute Gasteiger partial charge is 0.254 e. The normalized spacial score (nSPS) is 15.9. The van der Waals surface area contributed by atoms with Crippen LogP contribution >= 0.6 is 0 Å². The van der Waals surface area contributed by atoms with Crippen molar-refractivity contribution in [3.05, 3.63) is 17.7 Å². The number of aromatic hydroxyl groups is 3. The summed E-state index contributed by atoms with van der Waals surface area (Å²) in [5.41, 5.74) is 0.0692. The highest BCUT2D eigenvalue weighted by Gasteiger charge is 2.30. The van der Waals surface area contributed by atoms with Gasteiger partial charge in [0.2, 0.25) is 0 Å². The first kappa shape index (κ1) is 10.6. The van der Waals surface area contributed by atoms with Gasteiger partial charge in [0.25, 0.3) is 5.91 Å². The molecule has 6 heteroatoms. The summed E-state index contributed by atoms with van der Waals surface area (Å²) in [6, 6.07) is 2.14. The van der Waals surface area contributed by atoms with E-state index in [2.05, 4.69) is 0 Å². The first-order chi connectivity index (χ1) is 7.49. The van der Waals surface area contributed by atoms with Crippen LogP contribution in [0.3, 0.4) is 0 Å². The van der Waals surface area contributed by atoms with Gasteiger partial charge in [-0.1, -0.05) is 0 Å². The Bertz CT molecular complexity index is 416. The molecule has 1 aromatic carbocycles. The molecule has 4 N–H and O–H groups in total. The average molecular weight is 225 g/mol. The summed E-state index contributed by atoms with van der Waals surface area (Å²) < 4.78 is 0. The zero-order chi connectivity index (χ0) is 11.9. The van der Waals surface area contributed by atoms with Crippen LogP contribution in [0, 0.1) is 0 Å². The zero-order valence-electron chi connectivity index (χ0n) is 8.29. The van der Waals surface area contributed by atoms with Crippen LogP contribution in [-0.2, 0) is 0 Å². The molecular weight excluding hydrogens is 214 g/mol. The van der Waals surface area contributed by atoms with E-state index in [1.807, 2.05) is 0 Å². The molecule has 1 amide bonds. The van der Waals surface area contributed by atoms with Crippen molar-refractivity contribution in [2.45, 2.75) is 6.10 Å². The molecule has 0 aromatic heterocycles. The Morgan fingerprint density at radius 3 is 2.12 bits per heavy atom. The number of benzene rings is 1. The minimum Gasteiger partial charge on any atom is -0.504 e. The average Bonchev–Trinajstić information content (AvgIpc) is 2.19. The number of aliphatic hydroxyl groups excluding tert-OH is 1. The number of rotatable bonds is 1. The Balaban J connectivity index is 2.24. The number of nitrogens with zero attached hydrogens (tertiary/aromatic N) is 1. The molecule has 1 fully saturated rings. The van der Waals surface area contributed by atoms with Crippen molar-refractivity contribution in [1.29, 1.82) is 0 Å². The fraction of sp³-hybridized carbons (Fsp3) is 0.300. The number of hydrogen-bond acceptors (Lipinski definition) is 5. The second-order valence-electron chi connectivity index (χ2n) is 3.73. The van der Waals surface area contributed by atoms with E-state index in [1.54, 1.807) is 0 Å². The topological polar surface area (TPSA) is 101 Å². The molecule has 0 aliphatic carbocycles. The van der Waals surface area contributed by atoms with Gasteiger partial charge in [0.1, 0.15) is 0 Å². The zero-order valence-corrected chi connectivity index (χ0v) is 8.29. The molecule has 0 radical (unpaired) electrons. The van der Waals surface area contributed by atoms with Crippen molar-refractivity contribution in [2.75, 3.05) is 13.1 Å². The van der Waals surface area contributed by atoms with E-state index in [1.165, 1.54) is 4.90 Å². The van der Waals surface area contributed by atoms with E-state index in [-0.39, 0.29) is 18.7 Å². The van der Waals surface area contributed by atoms with Crippen molar-refractivity contribution >= 4 is 5.91 Å². The highest BCUT2D eigenvalue weighted by molar-refractivity contribution is 5.96. The van der Waals surface area contributed by atoms with E-state index in [9.17, 15) is 15.0 Å². The number of hydrogen-bond donors (Lipinski definition) is 4. The summed E-state index contributed by atoms with van der Waals surface area (Å²) in [5, 5.41) is 36.6. The van der Waals surface area contributed by atoms with Gasteiger partial charge in [-0.2, -0.15) is 0 Å². The first-order valence-electron chi connectivity index (χ1n) is 4.71. The van der Waals surface area contributed by atoms with Crippen molar-refractivity contribution in [3.8, 4) is 17.2 Å². The molecule has 6 nitrogen and oxygen atoms in total. The van der Waals surface area contributed by atoms with Gasteiger partial charge in [-0.05, 0) is 12.1 Å². The lowest BCUT2D eigenvalue weighted by molar-refractivity contribution is 0.00585. The maximum absolute atomic E-state index is 11.7. The highest BCUT2D eigenvalue weighted by atomic mass is 16.3. The lowest BCUT2D eigenvalue weighted by atomic mass is 10.1. The second kappa shape index (κ2) is 3.57. The van der Waals surface area contributed by atoms with E-state index in [4.69, 9.17) is 10.2 Å². The number of likely N-dealkylation sites (tertiary alicyclic amines) is 1. The molecule has 0 atom stereocenters. The molecule has 16 heavy (non-hydrogen) atoms. The van der Waals surface area contributed by atoms with Gasteiger partial charge in [-0.15, -0.1) is 0 Å². The number of amides is 1. The summed E-state index contributed by atoms with van der Waals surface area (Å²) in [6.07, 6.45) is -0.511. The highest BCUT2D eigenvalue weighted by Crippen LogP contribution is 2.35. The quantitative estimate of drug-likeness (QED) is 0.488. The Labute approximate surface area is 91.0 Å². The van der Waals surface area contributed by atoms with E-state index in [0.717, 1.165) is 12.1 Å². The summed E-state index contributed by atoms with van der Waals surface area (Å²) in [7, 11) is 0. The van der Waals surface area contributed by atoms with Crippen molar-refractivity contribution in [1.82, 2.24) is 4.90 Å². The van der Waals surface area contributed by atoms with Gasteiger partial charge in [0.05, 0.1) is 6.10 Å². The largest absolute Gasteiger partial charge is 0.504 e. The Morgan fingerprint density at radius 1 is 1.19 bits per heavy atom.